The summed E-state index contributed by atoms with van der Waals surface area (Å²) in [6.45, 7) is 2.03. The molecule has 78 valence electrons. The van der Waals surface area contributed by atoms with Crippen molar-refractivity contribution in [1.82, 2.24) is 19.9 Å². The van der Waals surface area contributed by atoms with Crippen LogP contribution in [0.15, 0.2) is 17.0 Å². The highest BCUT2D eigenvalue weighted by Crippen LogP contribution is 2.06. The number of rotatable bonds is 3. The second-order valence-electron chi connectivity index (χ2n) is 2.98. The average Bonchev–Trinajstić information content (AvgIpc) is 2.77. The van der Waals surface area contributed by atoms with Crippen molar-refractivity contribution >= 4 is 5.97 Å². The molecule has 7 nitrogen and oxygen atoms in total. The molecule has 0 amide bonds. The zero-order valence-electron chi connectivity index (χ0n) is 7.91. The molecule has 0 unspecified atom stereocenters. The lowest BCUT2D eigenvalue weighted by Crippen LogP contribution is -2.10. The van der Waals surface area contributed by atoms with Crippen molar-refractivity contribution in [3.05, 3.63) is 29.6 Å². The first-order chi connectivity index (χ1) is 7.18. The van der Waals surface area contributed by atoms with Gasteiger partial charge in [-0.05, 0) is 6.92 Å². The zero-order chi connectivity index (χ0) is 10.8. The van der Waals surface area contributed by atoms with E-state index < -0.39 is 5.97 Å². The normalized spacial score (nSPS) is 10.5. The first-order valence-corrected chi connectivity index (χ1v) is 4.21. The van der Waals surface area contributed by atoms with Gasteiger partial charge in [0.1, 0.15) is 11.4 Å². The van der Waals surface area contributed by atoms with Gasteiger partial charge in [-0.1, -0.05) is 10.3 Å². The molecule has 0 bridgehead atoms. The van der Waals surface area contributed by atoms with Crippen molar-refractivity contribution < 1.29 is 14.5 Å². The van der Waals surface area contributed by atoms with Crippen LogP contribution in [0.2, 0.25) is 0 Å². The summed E-state index contributed by atoms with van der Waals surface area (Å²) in [5, 5.41) is 16.1. The molecule has 2 heterocycles. The van der Waals surface area contributed by atoms with Crippen molar-refractivity contribution in [2.75, 3.05) is 0 Å². The summed E-state index contributed by atoms with van der Waals surface area (Å²) in [6.07, 6.45) is 2.99. The number of aromatic nitrogens is 4. The Kier molecular flexibility index (Phi) is 2.20. The van der Waals surface area contributed by atoms with Gasteiger partial charge in [0.15, 0.2) is 0 Å². The lowest BCUT2D eigenvalue weighted by atomic mass is 10.3. The topological polar surface area (TPSA) is 94.0 Å². The van der Waals surface area contributed by atoms with E-state index in [1.54, 1.807) is 13.1 Å². The molecule has 0 saturated heterocycles. The quantitative estimate of drug-likeness (QED) is 0.780. The molecule has 0 aromatic carbocycles. The van der Waals surface area contributed by atoms with Crippen LogP contribution in [0.3, 0.4) is 0 Å². The molecule has 0 atom stereocenters. The number of hydrogen-bond donors (Lipinski definition) is 1. The Hall–Kier alpha value is -2.18. The SMILES string of the molecule is Cc1nonc1Cn1ccnc1C(=O)O. The number of nitrogens with zero attached hydrogens (tertiary/aromatic N) is 4. The van der Waals surface area contributed by atoms with Gasteiger partial charge in [0.2, 0.25) is 5.82 Å². The van der Waals surface area contributed by atoms with Gasteiger partial charge in [0, 0.05) is 12.4 Å². The first kappa shape index (κ1) is 9.38. The molecule has 0 aliphatic carbocycles. The maximum Gasteiger partial charge on any atom is 0.372 e. The molecule has 1 N–H and O–H groups in total. The van der Waals surface area contributed by atoms with E-state index in [2.05, 4.69) is 19.9 Å². The molecule has 0 spiro atoms. The maximum atomic E-state index is 10.8. The van der Waals surface area contributed by atoms with E-state index in [0.29, 0.717) is 11.4 Å². The fourth-order valence-corrected chi connectivity index (χ4v) is 1.19. The third-order valence-electron chi connectivity index (χ3n) is 1.97. The summed E-state index contributed by atoms with van der Waals surface area (Å²) in [5.41, 5.74) is 1.23. The molecule has 7 heteroatoms. The van der Waals surface area contributed by atoms with Crippen LogP contribution in [0.1, 0.15) is 22.0 Å². The number of aryl methyl sites for hydroxylation is 1. The first-order valence-electron chi connectivity index (χ1n) is 4.21. The monoisotopic (exact) mass is 208 g/mol. The van der Waals surface area contributed by atoms with Crippen LogP contribution in [-0.4, -0.2) is 30.9 Å². The summed E-state index contributed by atoms with van der Waals surface area (Å²) >= 11 is 0. The minimum atomic E-state index is -1.07. The van der Waals surface area contributed by atoms with Crippen molar-refractivity contribution in [2.45, 2.75) is 13.5 Å². The van der Waals surface area contributed by atoms with Gasteiger partial charge < -0.3 is 9.67 Å². The fourth-order valence-electron chi connectivity index (χ4n) is 1.19. The highest BCUT2D eigenvalue weighted by molar-refractivity contribution is 5.83. The second kappa shape index (κ2) is 3.52. The Bertz CT molecular complexity index is 488. The van der Waals surface area contributed by atoms with E-state index in [-0.39, 0.29) is 12.4 Å². The van der Waals surface area contributed by atoms with E-state index in [0.717, 1.165) is 0 Å². The average molecular weight is 208 g/mol. The standard InChI is InChI=1S/C8H8N4O3/c1-5-6(11-15-10-5)4-12-3-2-9-7(12)8(13)14/h2-3H,4H2,1H3,(H,13,14). The van der Waals surface area contributed by atoms with E-state index >= 15 is 0 Å². The Morgan fingerprint density at radius 3 is 3.00 bits per heavy atom. The smallest absolute Gasteiger partial charge is 0.372 e. The molecular weight excluding hydrogens is 200 g/mol. The molecule has 2 rings (SSSR count). The minimum absolute atomic E-state index is 0.0302. The van der Waals surface area contributed by atoms with Crippen molar-refractivity contribution in [2.24, 2.45) is 0 Å². The third-order valence-corrected chi connectivity index (χ3v) is 1.97. The summed E-state index contributed by atoms with van der Waals surface area (Å²) in [4.78, 5) is 14.5. The summed E-state index contributed by atoms with van der Waals surface area (Å²) in [6, 6.07) is 0. The number of carboxylic acids is 1. The number of aromatic carboxylic acids is 1. The van der Waals surface area contributed by atoms with Gasteiger partial charge in [-0.25, -0.2) is 14.4 Å². The Labute approximate surface area is 84.3 Å². The van der Waals surface area contributed by atoms with E-state index in [1.807, 2.05) is 0 Å². The molecule has 2 aromatic heterocycles. The highest BCUT2D eigenvalue weighted by atomic mass is 16.6. The summed E-state index contributed by atoms with van der Waals surface area (Å²) in [5.74, 6) is -1.11. The molecular formula is C8H8N4O3. The van der Waals surface area contributed by atoms with Crippen LogP contribution >= 0.6 is 0 Å². The third kappa shape index (κ3) is 1.71. The molecule has 2 aromatic rings. The minimum Gasteiger partial charge on any atom is -0.475 e. The van der Waals surface area contributed by atoms with Gasteiger partial charge in [0.25, 0.3) is 0 Å². The lowest BCUT2D eigenvalue weighted by molar-refractivity contribution is 0.0678. The number of imidazole rings is 1. The molecule has 0 fully saturated rings. The number of carboxylic acid groups (broad SMARTS) is 1. The number of hydrogen-bond acceptors (Lipinski definition) is 5. The van der Waals surface area contributed by atoms with Crippen molar-refractivity contribution in [3.8, 4) is 0 Å². The van der Waals surface area contributed by atoms with Crippen LogP contribution in [-0.2, 0) is 6.54 Å². The zero-order valence-corrected chi connectivity index (χ0v) is 7.91. The Balaban J connectivity index is 2.28. The molecule has 0 aliphatic heterocycles. The molecule has 0 saturated carbocycles. The van der Waals surface area contributed by atoms with Crippen LogP contribution in [0.5, 0.6) is 0 Å². The Morgan fingerprint density at radius 2 is 2.40 bits per heavy atom. The predicted molar refractivity (Wildman–Crippen MR) is 47.3 cm³/mol. The van der Waals surface area contributed by atoms with Crippen molar-refractivity contribution in [3.63, 3.8) is 0 Å². The summed E-state index contributed by atoms with van der Waals surface area (Å²) in [7, 11) is 0. The molecule has 15 heavy (non-hydrogen) atoms. The fraction of sp³-hybridized carbons (Fsp3) is 0.250. The van der Waals surface area contributed by atoms with Crippen LogP contribution < -0.4 is 0 Å². The van der Waals surface area contributed by atoms with E-state index in [4.69, 9.17) is 5.11 Å². The van der Waals surface area contributed by atoms with Crippen LogP contribution in [0, 0.1) is 6.92 Å². The molecule has 0 aliphatic rings. The summed E-state index contributed by atoms with van der Waals surface area (Å²) < 4.78 is 5.98. The van der Waals surface area contributed by atoms with Crippen LogP contribution in [0.4, 0.5) is 0 Å². The second-order valence-corrected chi connectivity index (χ2v) is 2.98. The van der Waals surface area contributed by atoms with E-state index in [9.17, 15) is 4.79 Å². The Morgan fingerprint density at radius 1 is 1.60 bits per heavy atom. The van der Waals surface area contributed by atoms with Gasteiger partial charge in [0.05, 0.1) is 6.54 Å². The maximum absolute atomic E-state index is 10.8. The lowest BCUT2D eigenvalue weighted by Gasteiger charge is -2.01. The van der Waals surface area contributed by atoms with Gasteiger partial charge >= 0.3 is 5.97 Å². The number of carbonyl (C=O) groups is 1. The molecule has 0 radical (unpaired) electrons. The predicted octanol–water partition coefficient (Wildman–Crippen LogP) is 0.321. The van der Waals surface area contributed by atoms with E-state index in [1.165, 1.54) is 10.8 Å². The largest absolute Gasteiger partial charge is 0.475 e. The van der Waals surface area contributed by atoms with Crippen molar-refractivity contribution in [1.29, 1.82) is 0 Å². The van der Waals surface area contributed by atoms with Gasteiger partial charge in [-0.3, -0.25) is 0 Å². The highest BCUT2D eigenvalue weighted by Gasteiger charge is 2.13. The van der Waals surface area contributed by atoms with Gasteiger partial charge in [-0.2, -0.15) is 0 Å². The van der Waals surface area contributed by atoms with Gasteiger partial charge in [-0.15, -0.1) is 0 Å². The van der Waals surface area contributed by atoms with Crippen LogP contribution in [0.25, 0.3) is 0 Å².